The van der Waals surface area contributed by atoms with Crippen molar-refractivity contribution in [3.63, 3.8) is 0 Å². The molecule has 0 bridgehead atoms. The lowest BCUT2D eigenvalue weighted by molar-refractivity contribution is 0.793. The minimum Gasteiger partial charge on any atom is -0.323 e. The first kappa shape index (κ1) is 13.2. The van der Waals surface area contributed by atoms with Gasteiger partial charge >= 0.3 is 0 Å². The molecule has 0 aliphatic heterocycles. The fraction of sp³-hybridized carbons (Fsp3) is 0.400. The predicted molar refractivity (Wildman–Crippen MR) is 78.9 cm³/mol. The first-order chi connectivity index (χ1) is 8.61. The molecule has 1 aromatic heterocycles. The average molecular weight is 260 g/mol. The van der Waals surface area contributed by atoms with Crippen LogP contribution in [0, 0.1) is 6.92 Å². The molecule has 1 aromatic carbocycles. The number of hydrogen-bond donors (Lipinski definition) is 1. The molecule has 0 spiro atoms. The van der Waals surface area contributed by atoms with E-state index in [1.807, 2.05) is 6.92 Å². The molecule has 0 saturated carbocycles. The third-order valence-electron chi connectivity index (χ3n) is 2.93. The van der Waals surface area contributed by atoms with Crippen LogP contribution in [0.3, 0.4) is 0 Å². The van der Waals surface area contributed by atoms with Gasteiger partial charge in [-0.1, -0.05) is 43.2 Å². The van der Waals surface area contributed by atoms with Gasteiger partial charge in [0.1, 0.15) is 5.01 Å². The van der Waals surface area contributed by atoms with Gasteiger partial charge in [0.2, 0.25) is 0 Å². The Hall–Kier alpha value is -1.19. The van der Waals surface area contributed by atoms with Crippen LogP contribution in [0.2, 0.25) is 0 Å². The Morgan fingerprint density at radius 3 is 2.50 bits per heavy atom. The number of benzene rings is 1. The molecule has 1 unspecified atom stereocenters. The zero-order valence-electron chi connectivity index (χ0n) is 11.2. The van der Waals surface area contributed by atoms with Crippen molar-refractivity contribution in [1.82, 2.24) is 4.98 Å². The van der Waals surface area contributed by atoms with Gasteiger partial charge in [-0.05, 0) is 20.3 Å². The summed E-state index contributed by atoms with van der Waals surface area (Å²) in [5.41, 5.74) is 9.67. The quantitative estimate of drug-likeness (QED) is 0.899. The number of aromatic nitrogens is 1. The molecule has 3 heteroatoms. The molecule has 2 rings (SSSR count). The van der Waals surface area contributed by atoms with E-state index in [1.165, 1.54) is 21.7 Å². The summed E-state index contributed by atoms with van der Waals surface area (Å²) in [5.74, 6) is 0. The summed E-state index contributed by atoms with van der Waals surface area (Å²) < 4.78 is 0. The number of aryl methyl sites for hydroxylation is 2. The second-order valence-corrected chi connectivity index (χ2v) is 5.77. The summed E-state index contributed by atoms with van der Waals surface area (Å²) in [5, 5.41) is 1.09. The van der Waals surface area contributed by atoms with Crippen molar-refractivity contribution in [2.24, 2.45) is 5.73 Å². The Labute approximate surface area is 113 Å². The van der Waals surface area contributed by atoms with Crippen molar-refractivity contribution < 1.29 is 0 Å². The molecule has 0 aliphatic rings. The minimum absolute atomic E-state index is 0.0725. The molecule has 0 aliphatic carbocycles. The lowest BCUT2D eigenvalue weighted by Gasteiger charge is -2.03. The molecular weight excluding hydrogens is 240 g/mol. The summed E-state index contributed by atoms with van der Waals surface area (Å²) in [6.45, 7) is 6.31. The third-order valence-corrected chi connectivity index (χ3v) is 4.27. The number of rotatable bonds is 4. The molecular formula is C15H20N2S. The minimum atomic E-state index is 0.0725. The molecule has 18 heavy (non-hydrogen) atoms. The highest BCUT2D eigenvalue weighted by atomic mass is 32.1. The van der Waals surface area contributed by atoms with Gasteiger partial charge in [0.05, 0.1) is 5.69 Å². The molecule has 0 radical (unpaired) electrons. The van der Waals surface area contributed by atoms with Gasteiger partial charge in [-0.25, -0.2) is 4.98 Å². The lowest BCUT2D eigenvalue weighted by atomic mass is 10.1. The van der Waals surface area contributed by atoms with Crippen LogP contribution < -0.4 is 5.73 Å². The topological polar surface area (TPSA) is 38.9 Å². The van der Waals surface area contributed by atoms with Crippen LogP contribution >= 0.6 is 11.3 Å². The normalized spacial score (nSPS) is 12.7. The van der Waals surface area contributed by atoms with Gasteiger partial charge < -0.3 is 5.73 Å². The Morgan fingerprint density at radius 2 is 1.94 bits per heavy atom. The smallest absolute Gasteiger partial charge is 0.123 e. The van der Waals surface area contributed by atoms with Gasteiger partial charge in [-0.2, -0.15) is 0 Å². The molecule has 1 heterocycles. The van der Waals surface area contributed by atoms with Crippen molar-refractivity contribution in [2.45, 2.75) is 39.7 Å². The van der Waals surface area contributed by atoms with E-state index in [0.717, 1.165) is 17.8 Å². The highest BCUT2D eigenvalue weighted by Crippen LogP contribution is 2.32. The average Bonchev–Trinajstić information content (AvgIpc) is 2.75. The molecule has 0 fully saturated rings. The molecule has 2 aromatic rings. The number of thiazole rings is 1. The summed E-state index contributed by atoms with van der Waals surface area (Å²) in [6, 6.07) is 8.59. The summed E-state index contributed by atoms with van der Waals surface area (Å²) in [6.07, 6.45) is 2.12. The fourth-order valence-corrected chi connectivity index (χ4v) is 3.02. The third kappa shape index (κ3) is 2.79. The zero-order valence-corrected chi connectivity index (χ0v) is 12.1. The maximum atomic E-state index is 6.03. The second-order valence-electron chi connectivity index (χ2n) is 4.73. The predicted octanol–water partition coefficient (Wildman–Crippen LogP) is 4.09. The zero-order chi connectivity index (χ0) is 13.1. The second kappa shape index (κ2) is 5.63. The lowest BCUT2D eigenvalue weighted by Crippen LogP contribution is -2.05. The summed E-state index contributed by atoms with van der Waals surface area (Å²) >= 11 is 1.73. The molecule has 2 nitrogen and oxygen atoms in total. The van der Waals surface area contributed by atoms with E-state index in [0.29, 0.717) is 0 Å². The molecule has 0 amide bonds. The van der Waals surface area contributed by atoms with Crippen LogP contribution in [0.4, 0.5) is 0 Å². The van der Waals surface area contributed by atoms with Crippen LogP contribution in [0.1, 0.15) is 42.4 Å². The van der Waals surface area contributed by atoms with Crippen molar-refractivity contribution in [2.75, 3.05) is 0 Å². The monoisotopic (exact) mass is 260 g/mol. The van der Waals surface area contributed by atoms with E-state index in [9.17, 15) is 0 Å². The van der Waals surface area contributed by atoms with Gasteiger partial charge in [0, 0.05) is 16.5 Å². The van der Waals surface area contributed by atoms with E-state index < -0.39 is 0 Å². The van der Waals surface area contributed by atoms with Gasteiger partial charge in [0.25, 0.3) is 0 Å². The number of nitrogens with zero attached hydrogens (tertiary/aromatic N) is 1. The Balaban J connectivity index is 2.39. The standard InChI is InChI=1S/C15H20N2S/c1-4-5-13-14(11(3)16)18-15(17-13)12-8-6-10(2)7-9-12/h6-9,11H,4-5,16H2,1-3H3. The largest absolute Gasteiger partial charge is 0.323 e. The van der Waals surface area contributed by atoms with Crippen molar-refractivity contribution in [3.8, 4) is 10.6 Å². The Morgan fingerprint density at radius 1 is 1.28 bits per heavy atom. The van der Waals surface area contributed by atoms with Crippen molar-refractivity contribution in [3.05, 3.63) is 40.4 Å². The van der Waals surface area contributed by atoms with Crippen LogP contribution in [0.25, 0.3) is 10.6 Å². The Kier molecular flexibility index (Phi) is 4.15. The highest BCUT2D eigenvalue weighted by Gasteiger charge is 2.14. The molecule has 2 N–H and O–H groups in total. The summed E-state index contributed by atoms with van der Waals surface area (Å²) in [4.78, 5) is 5.99. The molecule has 1 atom stereocenters. The van der Waals surface area contributed by atoms with Gasteiger partial charge in [-0.15, -0.1) is 11.3 Å². The van der Waals surface area contributed by atoms with E-state index >= 15 is 0 Å². The van der Waals surface area contributed by atoms with Crippen LogP contribution in [0.5, 0.6) is 0 Å². The van der Waals surface area contributed by atoms with Crippen molar-refractivity contribution in [1.29, 1.82) is 0 Å². The summed E-state index contributed by atoms with van der Waals surface area (Å²) in [7, 11) is 0. The number of hydrogen-bond acceptors (Lipinski definition) is 3. The number of nitrogens with two attached hydrogens (primary N) is 1. The van der Waals surface area contributed by atoms with Crippen molar-refractivity contribution >= 4 is 11.3 Å². The van der Waals surface area contributed by atoms with Crippen LogP contribution in [-0.4, -0.2) is 4.98 Å². The molecule has 0 saturated heterocycles. The first-order valence-electron chi connectivity index (χ1n) is 6.44. The first-order valence-corrected chi connectivity index (χ1v) is 7.25. The van der Waals surface area contributed by atoms with Gasteiger partial charge in [0.15, 0.2) is 0 Å². The van der Waals surface area contributed by atoms with Gasteiger partial charge in [-0.3, -0.25) is 0 Å². The molecule has 96 valence electrons. The van der Waals surface area contributed by atoms with Crippen LogP contribution in [-0.2, 0) is 6.42 Å². The van der Waals surface area contributed by atoms with E-state index in [4.69, 9.17) is 10.7 Å². The Bertz CT molecular complexity index is 512. The SMILES string of the molecule is CCCc1nc(-c2ccc(C)cc2)sc1C(C)N. The van der Waals surface area contributed by atoms with E-state index in [2.05, 4.69) is 38.1 Å². The van der Waals surface area contributed by atoms with E-state index in [-0.39, 0.29) is 6.04 Å². The fourth-order valence-electron chi connectivity index (χ4n) is 1.95. The van der Waals surface area contributed by atoms with E-state index in [1.54, 1.807) is 11.3 Å². The maximum Gasteiger partial charge on any atom is 0.123 e. The maximum absolute atomic E-state index is 6.03. The highest BCUT2D eigenvalue weighted by molar-refractivity contribution is 7.15. The van der Waals surface area contributed by atoms with Crippen LogP contribution in [0.15, 0.2) is 24.3 Å².